The second-order valence-corrected chi connectivity index (χ2v) is 4.66. The first-order valence-corrected chi connectivity index (χ1v) is 6.09. The van der Waals surface area contributed by atoms with Gasteiger partial charge in [-0.25, -0.2) is 0 Å². The molecule has 1 atom stereocenters. The van der Waals surface area contributed by atoms with Crippen molar-refractivity contribution in [3.05, 3.63) is 18.0 Å². The van der Waals surface area contributed by atoms with E-state index in [2.05, 4.69) is 5.10 Å². The van der Waals surface area contributed by atoms with E-state index in [0.29, 0.717) is 18.9 Å². The van der Waals surface area contributed by atoms with Gasteiger partial charge in [-0.05, 0) is 25.3 Å². The van der Waals surface area contributed by atoms with Crippen molar-refractivity contribution >= 4 is 11.1 Å². The third kappa shape index (κ3) is 2.65. The molecule has 0 amide bonds. The third-order valence-electron chi connectivity index (χ3n) is 2.36. The van der Waals surface area contributed by atoms with Gasteiger partial charge in [-0.2, -0.15) is 5.10 Å². The average molecular weight is 213 g/mol. The van der Waals surface area contributed by atoms with Gasteiger partial charge in [0.15, 0.2) is 0 Å². The van der Waals surface area contributed by atoms with Gasteiger partial charge in [0.1, 0.15) is 0 Å². The van der Waals surface area contributed by atoms with Crippen molar-refractivity contribution in [1.29, 1.82) is 0 Å². The first-order valence-electron chi connectivity index (χ1n) is 4.85. The molecule has 0 spiro atoms. The lowest BCUT2D eigenvalue weighted by Gasteiger charge is -2.04. The largest absolute Gasteiger partial charge is 0.772 e. The van der Waals surface area contributed by atoms with Gasteiger partial charge >= 0.3 is 0 Å². The van der Waals surface area contributed by atoms with Crippen LogP contribution in [0.2, 0.25) is 0 Å². The molecule has 1 fully saturated rings. The lowest BCUT2D eigenvalue weighted by atomic mass is 10.3. The lowest BCUT2D eigenvalue weighted by Crippen LogP contribution is -2.04. The maximum absolute atomic E-state index is 10.3. The summed E-state index contributed by atoms with van der Waals surface area (Å²) >= 11 is -1.92. The van der Waals surface area contributed by atoms with Crippen LogP contribution in [0.25, 0.3) is 0 Å². The van der Waals surface area contributed by atoms with Crippen LogP contribution >= 0.6 is 0 Å². The molecule has 0 bridgehead atoms. The van der Waals surface area contributed by atoms with E-state index in [4.69, 9.17) is 0 Å². The minimum atomic E-state index is -1.92. The predicted molar refractivity (Wildman–Crippen MR) is 52.6 cm³/mol. The maximum atomic E-state index is 10.3. The summed E-state index contributed by atoms with van der Waals surface area (Å²) in [6.45, 7) is 0.695. The van der Waals surface area contributed by atoms with E-state index >= 15 is 0 Å². The molecule has 1 aliphatic carbocycles. The van der Waals surface area contributed by atoms with Gasteiger partial charge in [-0.15, -0.1) is 0 Å². The van der Waals surface area contributed by atoms with E-state index in [-0.39, 0.29) is 5.75 Å². The van der Waals surface area contributed by atoms with E-state index in [9.17, 15) is 8.76 Å². The van der Waals surface area contributed by atoms with Crippen LogP contribution in [0.15, 0.2) is 12.3 Å². The highest BCUT2D eigenvalue weighted by molar-refractivity contribution is 7.79. The molecule has 1 unspecified atom stereocenters. The summed E-state index contributed by atoms with van der Waals surface area (Å²) < 4.78 is 22.4. The summed E-state index contributed by atoms with van der Waals surface area (Å²) in [4.78, 5) is 0. The molecule has 0 aromatic carbocycles. The Morgan fingerprint density at radius 3 is 3.07 bits per heavy atom. The first-order chi connectivity index (χ1) is 6.75. The van der Waals surface area contributed by atoms with Crippen molar-refractivity contribution in [3.8, 4) is 0 Å². The van der Waals surface area contributed by atoms with Crippen LogP contribution < -0.4 is 0 Å². The molecule has 1 heterocycles. The zero-order valence-electron chi connectivity index (χ0n) is 7.89. The van der Waals surface area contributed by atoms with Gasteiger partial charge in [0.2, 0.25) is 0 Å². The summed E-state index contributed by atoms with van der Waals surface area (Å²) in [5.74, 6) is 0.892. The normalized spacial score (nSPS) is 18.4. The Balaban J connectivity index is 1.80. The highest BCUT2D eigenvalue weighted by Crippen LogP contribution is 2.38. The van der Waals surface area contributed by atoms with Crippen LogP contribution in [0.4, 0.5) is 0 Å². The Hall–Kier alpha value is -0.680. The van der Waals surface area contributed by atoms with Crippen molar-refractivity contribution in [2.75, 3.05) is 5.75 Å². The summed E-state index contributed by atoms with van der Waals surface area (Å²) in [7, 11) is 0. The average Bonchev–Trinajstić information content (AvgIpc) is 2.87. The molecular weight excluding hydrogens is 200 g/mol. The third-order valence-corrected chi connectivity index (χ3v) is 2.98. The second-order valence-electron chi connectivity index (χ2n) is 3.64. The van der Waals surface area contributed by atoms with Crippen molar-refractivity contribution in [2.45, 2.75) is 31.7 Å². The van der Waals surface area contributed by atoms with Crippen LogP contribution in [0.1, 0.15) is 30.9 Å². The van der Waals surface area contributed by atoms with Crippen LogP contribution in [-0.2, 0) is 17.6 Å². The van der Waals surface area contributed by atoms with E-state index in [1.807, 2.05) is 16.9 Å². The number of hydrogen-bond donors (Lipinski definition) is 0. The fraction of sp³-hybridized carbons (Fsp3) is 0.667. The molecule has 78 valence electrons. The van der Waals surface area contributed by atoms with Crippen LogP contribution in [0, 0.1) is 0 Å². The Kier molecular flexibility index (Phi) is 2.98. The molecule has 0 saturated heterocycles. The van der Waals surface area contributed by atoms with Crippen LogP contribution in [0.3, 0.4) is 0 Å². The zero-order valence-corrected chi connectivity index (χ0v) is 8.70. The molecule has 14 heavy (non-hydrogen) atoms. The van der Waals surface area contributed by atoms with E-state index in [0.717, 1.165) is 5.69 Å². The molecule has 1 aliphatic rings. The number of nitrogens with zero attached hydrogens (tertiary/aromatic N) is 2. The topological polar surface area (TPSA) is 57.9 Å². The monoisotopic (exact) mass is 213 g/mol. The van der Waals surface area contributed by atoms with E-state index in [1.165, 1.54) is 12.8 Å². The van der Waals surface area contributed by atoms with Crippen molar-refractivity contribution in [3.63, 3.8) is 0 Å². The highest BCUT2D eigenvalue weighted by atomic mass is 32.2. The highest BCUT2D eigenvalue weighted by Gasteiger charge is 2.25. The van der Waals surface area contributed by atoms with Gasteiger partial charge in [-0.1, -0.05) is 11.1 Å². The Morgan fingerprint density at radius 2 is 2.43 bits per heavy atom. The van der Waals surface area contributed by atoms with E-state index < -0.39 is 11.1 Å². The van der Waals surface area contributed by atoms with Crippen LogP contribution in [-0.4, -0.2) is 24.3 Å². The molecule has 0 N–H and O–H groups in total. The second kappa shape index (κ2) is 4.23. The standard InChI is InChI=1S/C9H14N2O2S/c12-14(13)7-1-5-11-6-4-9(10-11)8-2-3-8/h4,6,8H,1-3,5,7H2,(H,12,13)/p-1. The van der Waals surface area contributed by atoms with Crippen LogP contribution in [0.5, 0.6) is 0 Å². The van der Waals surface area contributed by atoms with Gasteiger partial charge in [0.05, 0.1) is 5.69 Å². The maximum Gasteiger partial charge on any atom is 0.0655 e. The van der Waals surface area contributed by atoms with Gasteiger partial charge in [0.25, 0.3) is 0 Å². The first kappa shape index (κ1) is 9.86. The minimum Gasteiger partial charge on any atom is -0.772 e. The molecule has 4 nitrogen and oxygen atoms in total. The predicted octanol–water partition coefficient (Wildman–Crippen LogP) is 1.03. The van der Waals surface area contributed by atoms with E-state index in [1.54, 1.807) is 0 Å². The molecular formula is C9H13N2O2S-. The molecule has 0 radical (unpaired) electrons. The van der Waals surface area contributed by atoms with Crippen molar-refractivity contribution in [1.82, 2.24) is 9.78 Å². The molecule has 1 saturated carbocycles. The van der Waals surface area contributed by atoms with Gasteiger partial charge in [-0.3, -0.25) is 8.89 Å². The molecule has 2 rings (SSSR count). The molecule has 1 aromatic rings. The van der Waals surface area contributed by atoms with Crippen molar-refractivity contribution < 1.29 is 8.76 Å². The summed E-state index contributed by atoms with van der Waals surface area (Å²) in [6, 6.07) is 2.03. The van der Waals surface area contributed by atoms with Crippen molar-refractivity contribution in [2.24, 2.45) is 0 Å². The summed E-state index contributed by atoms with van der Waals surface area (Å²) in [6.07, 6.45) is 5.08. The summed E-state index contributed by atoms with van der Waals surface area (Å²) in [5, 5.41) is 4.38. The number of rotatable bonds is 5. The quantitative estimate of drug-likeness (QED) is 0.686. The van der Waals surface area contributed by atoms with Gasteiger partial charge in [0, 0.05) is 24.4 Å². The molecule has 5 heteroatoms. The van der Waals surface area contributed by atoms with Gasteiger partial charge < -0.3 is 4.55 Å². The Bertz CT molecular complexity index is 333. The molecule has 1 aromatic heterocycles. The fourth-order valence-electron chi connectivity index (χ4n) is 1.44. The smallest absolute Gasteiger partial charge is 0.0655 e. The number of hydrogen-bond acceptors (Lipinski definition) is 3. The fourth-order valence-corrected chi connectivity index (χ4v) is 1.81. The minimum absolute atomic E-state index is 0.221. The molecule has 0 aliphatic heterocycles. The number of aryl methyl sites for hydroxylation is 1. The number of aromatic nitrogens is 2. The Morgan fingerprint density at radius 1 is 1.64 bits per heavy atom. The lowest BCUT2D eigenvalue weighted by molar-refractivity contribution is 0.526. The Labute approximate surface area is 85.6 Å². The SMILES string of the molecule is O=S([O-])CCCn1ccc(C2CC2)n1. The zero-order chi connectivity index (χ0) is 9.97. The summed E-state index contributed by atoms with van der Waals surface area (Å²) in [5.41, 5.74) is 1.16.